The lowest BCUT2D eigenvalue weighted by molar-refractivity contribution is 0.0393. The fraction of sp³-hybridized carbons (Fsp3) is 0.615. The number of likely N-dealkylation sites (N-methyl/N-ethyl adjacent to an activating group) is 1. The third-order valence-electron chi connectivity index (χ3n) is 3.15. The molecule has 1 aliphatic heterocycles. The number of morpholine rings is 1. The van der Waals surface area contributed by atoms with Crippen LogP contribution in [0.1, 0.15) is 5.56 Å². The molecule has 0 aromatic carbocycles. The quantitative estimate of drug-likeness (QED) is 0.783. The van der Waals surface area contributed by atoms with Crippen molar-refractivity contribution in [3.8, 4) is 0 Å². The van der Waals surface area contributed by atoms with Crippen molar-refractivity contribution in [3.05, 3.63) is 23.9 Å². The first-order valence-electron chi connectivity index (χ1n) is 6.19. The van der Waals surface area contributed by atoms with Gasteiger partial charge in [-0.05, 0) is 24.6 Å². The van der Waals surface area contributed by atoms with Crippen LogP contribution in [0, 0.1) is 6.92 Å². The first kappa shape index (κ1) is 12.3. The second kappa shape index (κ2) is 5.98. The van der Waals surface area contributed by atoms with Crippen LogP contribution in [0.25, 0.3) is 0 Å². The van der Waals surface area contributed by atoms with E-state index in [2.05, 4.69) is 34.8 Å². The Hall–Kier alpha value is -1.13. The molecule has 4 nitrogen and oxygen atoms in total. The van der Waals surface area contributed by atoms with Crippen LogP contribution in [0.15, 0.2) is 18.3 Å². The van der Waals surface area contributed by atoms with E-state index in [1.807, 2.05) is 12.3 Å². The summed E-state index contributed by atoms with van der Waals surface area (Å²) in [5.74, 6) is 1.05. The molecule has 0 amide bonds. The van der Waals surface area contributed by atoms with Crippen molar-refractivity contribution in [2.45, 2.75) is 6.92 Å². The molecule has 1 saturated heterocycles. The highest BCUT2D eigenvalue weighted by molar-refractivity contribution is 5.39. The summed E-state index contributed by atoms with van der Waals surface area (Å²) in [6.45, 7) is 8.02. The summed E-state index contributed by atoms with van der Waals surface area (Å²) in [5.41, 5.74) is 1.26. The maximum Gasteiger partial charge on any atom is 0.128 e. The van der Waals surface area contributed by atoms with E-state index in [0.29, 0.717) is 0 Å². The van der Waals surface area contributed by atoms with Gasteiger partial charge in [-0.25, -0.2) is 4.98 Å². The average Bonchev–Trinajstić information content (AvgIpc) is 2.37. The Morgan fingerprint density at radius 3 is 2.88 bits per heavy atom. The standard InChI is InChI=1S/C13H21N3O/c1-12-3-4-14-13(11-12)15(2)5-6-16-7-9-17-10-8-16/h3-4,11H,5-10H2,1-2H3. The van der Waals surface area contributed by atoms with Crippen LogP contribution in [0.4, 0.5) is 5.82 Å². The van der Waals surface area contributed by atoms with Gasteiger partial charge in [-0.2, -0.15) is 0 Å². The van der Waals surface area contributed by atoms with E-state index in [1.54, 1.807) is 0 Å². The fourth-order valence-corrected chi connectivity index (χ4v) is 1.96. The highest BCUT2D eigenvalue weighted by Crippen LogP contribution is 2.10. The fourth-order valence-electron chi connectivity index (χ4n) is 1.96. The number of rotatable bonds is 4. The zero-order valence-corrected chi connectivity index (χ0v) is 10.7. The van der Waals surface area contributed by atoms with Gasteiger partial charge < -0.3 is 9.64 Å². The van der Waals surface area contributed by atoms with Crippen LogP contribution >= 0.6 is 0 Å². The van der Waals surface area contributed by atoms with Gasteiger partial charge in [0.1, 0.15) is 5.82 Å². The van der Waals surface area contributed by atoms with Gasteiger partial charge >= 0.3 is 0 Å². The first-order chi connectivity index (χ1) is 8.25. The van der Waals surface area contributed by atoms with Gasteiger partial charge in [0.15, 0.2) is 0 Å². The molecule has 1 fully saturated rings. The molecule has 0 bridgehead atoms. The third-order valence-corrected chi connectivity index (χ3v) is 3.15. The van der Waals surface area contributed by atoms with E-state index >= 15 is 0 Å². The van der Waals surface area contributed by atoms with Gasteiger partial charge in [-0.3, -0.25) is 4.90 Å². The minimum Gasteiger partial charge on any atom is -0.379 e. The Bertz CT molecular complexity index is 350. The molecule has 0 radical (unpaired) electrons. The van der Waals surface area contributed by atoms with E-state index in [1.165, 1.54) is 5.56 Å². The van der Waals surface area contributed by atoms with E-state index in [-0.39, 0.29) is 0 Å². The Morgan fingerprint density at radius 1 is 1.41 bits per heavy atom. The van der Waals surface area contributed by atoms with Gasteiger partial charge in [-0.1, -0.05) is 0 Å². The topological polar surface area (TPSA) is 28.6 Å². The lowest BCUT2D eigenvalue weighted by atomic mass is 10.3. The summed E-state index contributed by atoms with van der Waals surface area (Å²) >= 11 is 0. The second-order valence-electron chi connectivity index (χ2n) is 4.57. The molecular weight excluding hydrogens is 214 g/mol. The summed E-state index contributed by atoms with van der Waals surface area (Å²) < 4.78 is 5.34. The van der Waals surface area contributed by atoms with Gasteiger partial charge in [0.2, 0.25) is 0 Å². The summed E-state index contributed by atoms with van der Waals surface area (Å²) in [6, 6.07) is 4.15. The molecule has 1 aliphatic rings. The maximum atomic E-state index is 5.34. The highest BCUT2D eigenvalue weighted by atomic mass is 16.5. The Morgan fingerprint density at radius 2 is 2.18 bits per heavy atom. The Balaban J connectivity index is 1.82. The summed E-state index contributed by atoms with van der Waals surface area (Å²) in [4.78, 5) is 9.04. The number of anilines is 1. The summed E-state index contributed by atoms with van der Waals surface area (Å²) in [6.07, 6.45) is 1.87. The minimum atomic E-state index is 0.867. The van der Waals surface area contributed by atoms with E-state index in [9.17, 15) is 0 Å². The van der Waals surface area contributed by atoms with E-state index in [4.69, 9.17) is 4.74 Å². The van der Waals surface area contributed by atoms with Gasteiger partial charge in [0.25, 0.3) is 0 Å². The Labute approximate surface area is 103 Å². The lowest BCUT2D eigenvalue weighted by Gasteiger charge is -2.29. The number of aromatic nitrogens is 1. The number of hydrogen-bond donors (Lipinski definition) is 0. The maximum absolute atomic E-state index is 5.34. The van der Waals surface area contributed by atoms with Gasteiger partial charge in [0, 0.05) is 39.4 Å². The normalized spacial score (nSPS) is 17.1. The van der Waals surface area contributed by atoms with Gasteiger partial charge in [0.05, 0.1) is 13.2 Å². The monoisotopic (exact) mass is 235 g/mol. The van der Waals surface area contributed by atoms with Crippen molar-refractivity contribution in [1.29, 1.82) is 0 Å². The third kappa shape index (κ3) is 3.68. The van der Waals surface area contributed by atoms with Crippen LogP contribution < -0.4 is 4.90 Å². The van der Waals surface area contributed by atoms with Crippen LogP contribution in [-0.2, 0) is 4.74 Å². The molecule has 2 heterocycles. The van der Waals surface area contributed by atoms with Crippen molar-refractivity contribution in [1.82, 2.24) is 9.88 Å². The van der Waals surface area contributed by atoms with Crippen molar-refractivity contribution in [2.75, 3.05) is 51.3 Å². The average molecular weight is 235 g/mol. The van der Waals surface area contributed by atoms with Crippen LogP contribution in [0.5, 0.6) is 0 Å². The van der Waals surface area contributed by atoms with Crippen LogP contribution in [0.3, 0.4) is 0 Å². The molecule has 0 atom stereocenters. The number of aryl methyl sites for hydroxylation is 1. The molecule has 0 spiro atoms. The Kier molecular flexibility index (Phi) is 4.34. The van der Waals surface area contributed by atoms with E-state index < -0.39 is 0 Å². The molecule has 0 saturated carbocycles. The molecule has 1 aromatic rings. The minimum absolute atomic E-state index is 0.867. The first-order valence-corrected chi connectivity index (χ1v) is 6.19. The number of nitrogens with zero attached hydrogens (tertiary/aromatic N) is 3. The number of pyridine rings is 1. The predicted molar refractivity (Wildman–Crippen MR) is 69.5 cm³/mol. The second-order valence-corrected chi connectivity index (χ2v) is 4.57. The highest BCUT2D eigenvalue weighted by Gasteiger charge is 2.11. The van der Waals surface area contributed by atoms with Crippen molar-refractivity contribution in [3.63, 3.8) is 0 Å². The molecule has 4 heteroatoms. The van der Waals surface area contributed by atoms with Crippen LogP contribution in [-0.4, -0.2) is 56.3 Å². The predicted octanol–water partition coefficient (Wildman–Crippen LogP) is 1.16. The largest absolute Gasteiger partial charge is 0.379 e. The molecule has 17 heavy (non-hydrogen) atoms. The summed E-state index contributed by atoms with van der Waals surface area (Å²) in [7, 11) is 2.10. The number of hydrogen-bond acceptors (Lipinski definition) is 4. The van der Waals surface area contributed by atoms with Crippen molar-refractivity contribution < 1.29 is 4.74 Å². The molecule has 94 valence electrons. The molecule has 1 aromatic heterocycles. The SMILES string of the molecule is Cc1ccnc(N(C)CCN2CCOCC2)c1. The smallest absolute Gasteiger partial charge is 0.128 e. The van der Waals surface area contributed by atoms with Crippen molar-refractivity contribution >= 4 is 5.82 Å². The zero-order chi connectivity index (χ0) is 12.1. The van der Waals surface area contributed by atoms with E-state index in [0.717, 1.165) is 45.2 Å². The molecular formula is C13H21N3O. The number of ether oxygens (including phenoxy) is 1. The summed E-state index contributed by atoms with van der Waals surface area (Å²) in [5, 5.41) is 0. The molecule has 0 N–H and O–H groups in total. The molecule has 2 rings (SSSR count). The van der Waals surface area contributed by atoms with Crippen molar-refractivity contribution in [2.24, 2.45) is 0 Å². The molecule has 0 aliphatic carbocycles. The van der Waals surface area contributed by atoms with Crippen LogP contribution in [0.2, 0.25) is 0 Å². The lowest BCUT2D eigenvalue weighted by Crippen LogP contribution is -2.40. The van der Waals surface area contributed by atoms with Gasteiger partial charge in [-0.15, -0.1) is 0 Å². The molecule has 0 unspecified atom stereocenters. The zero-order valence-electron chi connectivity index (χ0n) is 10.7.